The highest BCUT2D eigenvalue weighted by Gasteiger charge is 2.43. The van der Waals surface area contributed by atoms with Crippen LogP contribution in [0, 0.1) is 30.3 Å². The molecule has 1 aromatic rings. The summed E-state index contributed by atoms with van der Waals surface area (Å²) in [6.45, 7) is 0. The lowest BCUT2D eigenvalue weighted by Crippen LogP contribution is -2.35. The molecule has 0 fully saturated rings. The molecule has 10 nitrogen and oxygen atoms in total. The van der Waals surface area contributed by atoms with Crippen LogP contribution in [0.15, 0.2) is 12.1 Å². The molecule has 0 N–H and O–H groups in total. The molecule has 114 valence electrons. The van der Waals surface area contributed by atoms with Gasteiger partial charge in [-0.1, -0.05) is 0 Å². The van der Waals surface area contributed by atoms with E-state index in [1.165, 1.54) is 0 Å². The minimum absolute atomic E-state index is 0.227. The normalized spacial score (nSPS) is 11.0. The molecule has 21 heavy (non-hydrogen) atoms. The number of hydrogen-bond donors (Lipinski definition) is 0. The largest absolute Gasteiger partial charge is 0.485 e. The summed E-state index contributed by atoms with van der Waals surface area (Å²) in [6, 6.07) is 0.454. The Balaban J connectivity index is 3.78. The summed E-state index contributed by atoms with van der Waals surface area (Å²) in [6.07, 6.45) is -5.15. The molecule has 0 spiro atoms. The molecule has 0 aliphatic carbocycles. The molecule has 13 heteroatoms. The molecular formula is C8H5F3N4O6. The second-order valence-corrected chi connectivity index (χ2v) is 3.63. The van der Waals surface area contributed by atoms with Crippen LogP contribution in [0.25, 0.3) is 0 Å². The summed E-state index contributed by atoms with van der Waals surface area (Å²) in [7, 11) is 0.334. The zero-order valence-electron chi connectivity index (χ0n) is 10.0. The van der Waals surface area contributed by atoms with Crippen molar-refractivity contribution in [2.75, 3.05) is 11.9 Å². The summed E-state index contributed by atoms with van der Waals surface area (Å²) in [4.78, 5) is 27.5. The van der Waals surface area contributed by atoms with Gasteiger partial charge in [0.2, 0.25) is 5.69 Å². The number of alkyl halides is 3. The van der Waals surface area contributed by atoms with Gasteiger partial charge < -0.3 is 0 Å². The van der Waals surface area contributed by atoms with E-state index in [0.717, 1.165) is 0 Å². The molecule has 1 rings (SSSR count). The molecule has 0 radical (unpaired) electrons. The van der Waals surface area contributed by atoms with Crippen LogP contribution in [0.2, 0.25) is 0 Å². The summed E-state index contributed by atoms with van der Waals surface area (Å²) in [5.41, 5.74) is -5.23. The molecule has 0 saturated carbocycles. The maximum absolute atomic E-state index is 12.6. The topological polar surface area (TPSA) is 133 Å². The third-order valence-electron chi connectivity index (χ3n) is 2.37. The quantitative estimate of drug-likeness (QED) is 0.473. The maximum atomic E-state index is 12.6. The number of nitro groups is 3. The van der Waals surface area contributed by atoms with Gasteiger partial charge in [0.1, 0.15) is 0 Å². The lowest BCUT2D eigenvalue weighted by atomic mass is 10.2. The zero-order chi connectivity index (χ0) is 16.5. The summed E-state index contributed by atoms with van der Waals surface area (Å²) < 4.78 is 37.9. The van der Waals surface area contributed by atoms with E-state index in [0.29, 0.717) is 7.05 Å². The fourth-order valence-corrected chi connectivity index (χ4v) is 1.44. The highest BCUT2D eigenvalue weighted by atomic mass is 19.4. The van der Waals surface area contributed by atoms with Gasteiger partial charge in [0.05, 0.1) is 26.9 Å². The molecular weight excluding hydrogens is 305 g/mol. The second kappa shape index (κ2) is 5.18. The predicted octanol–water partition coefficient (Wildman–Crippen LogP) is 2.37. The molecule has 0 heterocycles. The van der Waals surface area contributed by atoms with Crippen molar-refractivity contribution in [3.63, 3.8) is 0 Å². The fraction of sp³-hybridized carbons (Fsp3) is 0.250. The van der Waals surface area contributed by atoms with Gasteiger partial charge in [-0.15, -0.1) is 0 Å². The van der Waals surface area contributed by atoms with Gasteiger partial charge in [-0.05, 0) is 0 Å². The van der Waals surface area contributed by atoms with Gasteiger partial charge in [-0.25, -0.2) is 0 Å². The molecule has 0 amide bonds. The van der Waals surface area contributed by atoms with Crippen LogP contribution in [0.1, 0.15) is 0 Å². The van der Waals surface area contributed by atoms with Crippen molar-refractivity contribution in [2.24, 2.45) is 0 Å². The molecule has 0 bridgehead atoms. The number of benzene rings is 1. The Morgan fingerprint density at radius 1 is 0.952 bits per heavy atom. The fourth-order valence-electron chi connectivity index (χ4n) is 1.44. The van der Waals surface area contributed by atoms with E-state index in [-0.39, 0.29) is 12.1 Å². The number of halogens is 3. The van der Waals surface area contributed by atoms with Crippen LogP contribution in [0.3, 0.4) is 0 Å². The van der Waals surface area contributed by atoms with Crippen molar-refractivity contribution < 1.29 is 27.9 Å². The highest BCUT2D eigenvalue weighted by molar-refractivity contribution is 5.78. The van der Waals surface area contributed by atoms with Crippen molar-refractivity contribution in [3.8, 4) is 0 Å². The van der Waals surface area contributed by atoms with Gasteiger partial charge in [0, 0.05) is 7.05 Å². The molecule has 0 aromatic heterocycles. The van der Waals surface area contributed by atoms with Crippen LogP contribution in [-0.4, -0.2) is 28.1 Å². The third-order valence-corrected chi connectivity index (χ3v) is 2.37. The lowest BCUT2D eigenvalue weighted by Gasteiger charge is -2.21. The minimum Gasteiger partial charge on any atom is -0.275 e. The van der Waals surface area contributed by atoms with Crippen LogP contribution < -0.4 is 4.90 Å². The van der Waals surface area contributed by atoms with Crippen molar-refractivity contribution >= 4 is 22.7 Å². The molecule has 0 aliphatic heterocycles. The van der Waals surface area contributed by atoms with Crippen LogP contribution >= 0.6 is 0 Å². The molecule has 0 aliphatic rings. The number of non-ortho nitro benzene ring substituents is 1. The Morgan fingerprint density at radius 3 is 1.57 bits per heavy atom. The highest BCUT2D eigenvalue weighted by Crippen LogP contribution is 2.43. The SMILES string of the molecule is CN(c1c([N+](=O)[O-])cc([N+](=O)[O-])cc1[N+](=O)[O-])C(F)(F)F. The first-order valence-corrected chi connectivity index (χ1v) is 4.88. The van der Waals surface area contributed by atoms with Crippen molar-refractivity contribution in [1.82, 2.24) is 0 Å². The Bertz CT molecular complexity index is 596. The molecule has 1 aromatic carbocycles. The third kappa shape index (κ3) is 3.13. The number of nitro benzene ring substituents is 3. The van der Waals surface area contributed by atoms with E-state index in [4.69, 9.17) is 0 Å². The first kappa shape index (κ1) is 16.1. The standard InChI is InChI=1S/C8H5F3N4O6/c1-12(8(9,10)11)7-5(14(18)19)2-4(13(16)17)3-6(7)15(20)21/h2-3H,1H3. The summed E-state index contributed by atoms with van der Waals surface area (Å²) >= 11 is 0. The smallest absolute Gasteiger partial charge is 0.275 e. The molecule has 0 saturated heterocycles. The van der Waals surface area contributed by atoms with Crippen molar-refractivity contribution in [1.29, 1.82) is 0 Å². The van der Waals surface area contributed by atoms with Crippen LogP contribution in [0.5, 0.6) is 0 Å². The molecule has 0 unspecified atom stereocenters. The zero-order valence-corrected chi connectivity index (χ0v) is 10.0. The van der Waals surface area contributed by atoms with Gasteiger partial charge in [-0.2, -0.15) is 13.2 Å². The van der Waals surface area contributed by atoms with E-state index in [2.05, 4.69) is 0 Å². The van der Waals surface area contributed by atoms with Gasteiger partial charge in [0.25, 0.3) is 5.69 Å². The van der Waals surface area contributed by atoms with Crippen molar-refractivity contribution in [2.45, 2.75) is 6.30 Å². The number of hydrogen-bond acceptors (Lipinski definition) is 7. The van der Waals surface area contributed by atoms with Gasteiger partial charge >= 0.3 is 17.7 Å². The van der Waals surface area contributed by atoms with Crippen LogP contribution in [0.4, 0.5) is 35.9 Å². The molecule has 0 atom stereocenters. The average Bonchev–Trinajstić information content (AvgIpc) is 2.34. The maximum Gasteiger partial charge on any atom is 0.485 e. The summed E-state index contributed by atoms with van der Waals surface area (Å²) in [5.74, 6) is 0. The van der Waals surface area contributed by atoms with Gasteiger partial charge in [-0.3, -0.25) is 35.2 Å². The van der Waals surface area contributed by atoms with Crippen molar-refractivity contribution in [3.05, 3.63) is 42.5 Å². The second-order valence-electron chi connectivity index (χ2n) is 3.63. The van der Waals surface area contributed by atoms with E-state index in [1.54, 1.807) is 0 Å². The number of rotatable bonds is 4. The lowest BCUT2D eigenvalue weighted by molar-refractivity contribution is -0.402. The number of anilines is 1. The van der Waals surface area contributed by atoms with Crippen LogP contribution in [-0.2, 0) is 0 Å². The Kier molecular flexibility index (Phi) is 3.96. The number of nitrogens with zero attached hydrogens (tertiary/aromatic N) is 4. The Hall–Kier alpha value is -2.99. The van der Waals surface area contributed by atoms with E-state index in [1.807, 2.05) is 0 Å². The Labute approximate surface area is 112 Å². The minimum atomic E-state index is -5.15. The first-order chi connectivity index (χ1) is 9.46. The van der Waals surface area contributed by atoms with E-state index < -0.39 is 48.7 Å². The average molecular weight is 310 g/mol. The van der Waals surface area contributed by atoms with Gasteiger partial charge in [0.15, 0.2) is 0 Å². The predicted molar refractivity (Wildman–Crippen MR) is 60.9 cm³/mol. The van der Waals surface area contributed by atoms with E-state index >= 15 is 0 Å². The Morgan fingerprint density at radius 2 is 1.33 bits per heavy atom. The van der Waals surface area contributed by atoms with E-state index in [9.17, 15) is 43.5 Å². The monoisotopic (exact) mass is 310 g/mol. The summed E-state index contributed by atoms with van der Waals surface area (Å²) in [5, 5.41) is 32.1. The first-order valence-electron chi connectivity index (χ1n) is 4.88.